The lowest BCUT2D eigenvalue weighted by Gasteiger charge is -1.99. The number of ketones is 1. The Morgan fingerprint density at radius 2 is 1.89 bits per heavy atom. The number of halogens is 2. The molecule has 0 bridgehead atoms. The van der Waals surface area contributed by atoms with Crippen molar-refractivity contribution in [1.29, 1.82) is 0 Å². The highest BCUT2D eigenvalue weighted by Crippen LogP contribution is 2.12. The molecule has 0 saturated carbocycles. The van der Waals surface area contributed by atoms with E-state index in [0.29, 0.717) is 5.56 Å². The second-order valence-electron chi connectivity index (χ2n) is 4.23. The quantitative estimate of drug-likeness (QED) is 0.596. The van der Waals surface area contributed by atoms with Crippen molar-refractivity contribution in [2.24, 2.45) is 0 Å². The highest BCUT2D eigenvalue weighted by atomic mass is 19.1. The van der Waals surface area contributed by atoms with Gasteiger partial charge in [0, 0.05) is 17.2 Å². The third-order valence-electron chi connectivity index (χ3n) is 2.68. The molecule has 0 spiro atoms. The number of benzene rings is 2. The van der Waals surface area contributed by atoms with Gasteiger partial charge in [0.25, 0.3) is 0 Å². The molecule has 0 aromatic heterocycles. The van der Waals surface area contributed by atoms with Crippen LogP contribution in [0.25, 0.3) is 6.08 Å². The van der Waals surface area contributed by atoms with Gasteiger partial charge in [-0.25, -0.2) is 8.78 Å². The molecule has 0 radical (unpaired) electrons. The van der Waals surface area contributed by atoms with Crippen LogP contribution in [0.15, 0.2) is 48.5 Å². The van der Waals surface area contributed by atoms with Gasteiger partial charge in [-0.2, -0.15) is 0 Å². The predicted octanol–water partition coefficient (Wildman–Crippen LogP) is 4.17. The van der Waals surface area contributed by atoms with E-state index in [1.54, 1.807) is 18.2 Å². The molecule has 0 unspecified atom stereocenters. The molecule has 2 aromatic carbocycles. The zero-order valence-corrected chi connectivity index (χ0v) is 10.4. The van der Waals surface area contributed by atoms with Crippen molar-refractivity contribution in [3.05, 3.63) is 76.9 Å². The van der Waals surface area contributed by atoms with Crippen LogP contribution in [0.5, 0.6) is 0 Å². The monoisotopic (exact) mass is 258 g/mol. The molecule has 0 aliphatic carbocycles. The number of allylic oxidation sites excluding steroid dienone is 1. The molecule has 2 rings (SSSR count). The average molecular weight is 258 g/mol. The highest BCUT2D eigenvalue weighted by Gasteiger charge is 2.03. The Morgan fingerprint density at radius 1 is 1.11 bits per heavy atom. The standard InChI is InChI=1S/C16H12F2O/c1-11-3-2-4-13(9-11)16(19)8-6-12-5-7-14(17)10-15(12)18/h2-10H,1H3/b8-6+. The van der Waals surface area contributed by atoms with Gasteiger partial charge in [-0.15, -0.1) is 0 Å². The van der Waals surface area contributed by atoms with Gasteiger partial charge in [-0.05, 0) is 37.3 Å². The summed E-state index contributed by atoms with van der Waals surface area (Å²) in [6, 6.07) is 10.4. The molecule has 0 heterocycles. The van der Waals surface area contributed by atoms with Crippen LogP contribution in [0.4, 0.5) is 8.78 Å². The van der Waals surface area contributed by atoms with Crippen LogP contribution in [0.2, 0.25) is 0 Å². The summed E-state index contributed by atoms with van der Waals surface area (Å²) < 4.78 is 26.1. The number of aryl methyl sites for hydroxylation is 1. The van der Waals surface area contributed by atoms with Gasteiger partial charge in [-0.1, -0.05) is 23.8 Å². The summed E-state index contributed by atoms with van der Waals surface area (Å²) in [5.41, 5.74) is 1.70. The number of carbonyl (C=O) groups excluding carboxylic acids is 1. The van der Waals surface area contributed by atoms with E-state index in [0.717, 1.165) is 17.7 Å². The van der Waals surface area contributed by atoms with Gasteiger partial charge >= 0.3 is 0 Å². The topological polar surface area (TPSA) is 17.1 Å². The molecule has 96 valence electrons. The van der Waals surface area contributed by atoms with Crippen molar-refractivity contribution in [1.82, 2.24) is 0 Å². The van der Waals surface area contributed by atoms with Gasteiger partial charge in [0.2, 0.25) is 0 Å². The Kier molecular flexibility index (Phi) is 3.85. The molecule has 1 nitrogen and oxygen atoms in total. The van der Waals surface area contributed by atoms with E-state index in [2.05, 4.69) is 0 Å². The first-order valence-corrected chi connectivity index (χ1v) is 5.80. The van der Waals surface area contributed by atoms with E-state index in [9.17, 15) is 13.6 Å². The molecular formula is C16H12F2O. The first-order valence-electron chi connectivity index (χ1n) is 5.80. The third-order valence-corrected chi connectivity index (χ3v) is 2.68. The fourth-order valence-corrected chi connectivity index (χ4v) is 1.70. The zero-order chi connectivity index (χ0) is 13.8. The van der Waals surface area contributed by atoms with Crippen molar-refractivity contribution in [2.45, 2.75) is 6.92 Å². The van der Waals surface area contributed by atoms with Gasteiger partial charge in [0.15, 0.2) is 5.78 Å². The van der Waals surface area contributed by atoms with Gasteiger partial charge in [0.1, 0.15) is 11.6 Å². The summed E-state index contributed by atoms with van der Waals surface area (Å²) in [5, 5.41) is 0. The Hall–Kier alpha value is -2.29. The molecule has 2 aromatic rings. The zero-order valence-electron chi connectivity index (χ0n) is 10.4. The predicted molar refractivity (Wildman–Crippen MR) is 70.9 cm³/mol. The number of hydrogen-bond donors (Lipinski definition) is 0. The van der Waals surface area contributed by atoms with E-state index < -0.39 is 11.6 Å². The lowest BCUT2D eigenvalue weighted by Crippen LogP contribution is -1.94. The minimum Gasteiger partial charge on any atom is -0.289 e. The molecule has 19 heavy (non-hydrogen) atoms. The Balaban J connectivity index is 2.21. The highest BCUT2D eigenvalue weighted by molar-refractivity contribution is 6.06. The SMILES string of the molecule is Cc1cccc(C(=O)/C=C/c2ccc(F)cc2F)c1. The number of hydrogen-bond acceptors (Lipinski definition) is 1. The second kappa shape index (κ2) is 5.57. The molecule has 0 fully saturated rings. The Labute approximate surface area is 110 Å². The number of rotatable bonds is 3. The average Bonchev–Trinajstić information content (AvgIpc) is 2.37. The maximum Gasteiger partial charge on any atom is 0.185 e. The summed E-state index contributed by atoms with van der Waals surface area (Å²) in [6.45, 7) is 1.89. The van der Waals surface area contributed by atoms with E-state index >= 15 is 0 Å². The van der Waals surface area contributed by atoms with Gasteiger partial charge in [-0.3, -0.25) is 4.79 Å². The second-order valence-corrected chi connectivity index (χ2v) is 4.23. The normalized spacial score (nSPS) is 10.9. The summed E-state index contributed by atoms with van der Waals surface area (Å²) in [5.74, 6) is -1.54. The van der Waals surface area contributed by atoms with Crippen LogP contribution in [0.3, 0.4) is 0 Å². The van der Waals surface area contributed by atoms with Crippen molar-refractivity contribution in [2.75, 3.05) is 0 Å². The minimum atomic E-state index is -0.687. The fraction of sp³-hybridized carbons (Fsp3) is 0.0625. The molecule has 3 heteroatoms. The summed E-state index contributed by atoms with van der Waals surface area (Å²) in [4.78, 5) is 11.9. The first kappa shape index (κ1) is 13.1. The molecular weight excluding hydrogens is 246 g/mol. The molecule has 0 aliphatic heterocycles. The summed E-state index contributed by atoms with van der Waals surface area (Å²) in [6.07, 6.45) is 2.63. The Bertz CT molecular complexity index is 645. The molecule has 0 amide bonds. The lowest BCUT2D eigenvalue weighted by atomic mass is 10.1. The Morgan fingerprint density at radius 3 is 2.58 bits per heavy atom. The molecule has 0 saturated heterocycles. The molecule has 0 aliphatic rings. The van der Waals surface area contributed by atoms with Crippen molar-refractivity contribution >= 4 is 11.9 Å². The first-order chi connectivity index (χ1) is 9.06. The van der Waals surface area contributed by atoms with Crippen LogP contribution >= 0.6 is 0 Å². The maximum absolute atomic E-state index is 13.4. The summed E-state index contributed by atoms with van der Waals surface area (Å²) >= 11 is 0. The van der Waals surface area contributed by atoms with Gasteiger partial charge < -0.3 is 0 Å². The smallest absolute Gasteiger partial charge is 0.185 e. The third kappa shape index (κ3) is 3.35. The van der Waals surface area contributed by atoms with E-state index in [-0.39, 0.29) is 11.3 Å². The van der Waals surface area contributed by atoms with E-state index in [1.165, 1.54) is 18.2 Å². The van der Waals surface area contributed by atoms with Crippen molar-refractivity contribution in [3.8, 4) is 0 Å². The van der Waals surface area contributed by atoms with Crippen LogP contribution < -0.4 is 0 Å². The minimum absolute atomic E-state index is 0.183. The maximum atomic E-state index is 13.4. The van der Waals surface area contributed by atoms with Crippen molar-refractivity contribution < 1.29 is 13.6 Å². The van der Waals surface area contributed by atoms with Gasteiger partial charge in [0.05, 0.1) is 0 Å². The fourth-order valence-electron chi connectivity index (χ4n) is 1.70. The van der Waals surface area contributed by atoms with Crippen molar-refractivity contribution in [3.63, 3.8) is 0 Å². The van der Waals surface area contributed by atoms with E-state index in [1.807, 2.05) is 13.0 Å². The molecule has 0 atom stereocenters. The summed E-state index contributed by atoms with van der Waals surface area (Å²) in [7, 11) is 0. The van der Waals surface area contributed by atoms with Crippen LogP contribution in [-0.4, -0.2) is 5.78 Å². The van der Waals surface area contributed by atoms with Crippen LogP contribution in [-0.2, 0) is 0 Å². The number of carbonyl (C=O) groups is 1. The van der Waals surface area contributed by atoms with Crippen LogP contribution in [0.1, 0.15) is 21.5 Å². The van der Waals surface area contributed by atoms with E-state index in [4.69, 9.17) is 0 Å². The van der Waals surface area contributed by atoms with Crippen LogP contribution in [0, 0.1) is 18.6 Å². The lowest BCUT2D eigenvalue weighted by molar-refractivity contribution is 0.104. The molecule has 0 N–H and O–H groups in total. The largest absolute Gasteiger partial charge is 0.289 e.